The Hall–Kier alpha value is -3.30. The zero-order valence-electron chi connectivity index (χ0n) is 28.0. The molecule has 0 aliphatic heterocycles. The van der Waals surface area contributed by atoms with Crippen molar-refractivity contribution in [3.8, 4) is 0 Å². The molecule has 4 rings (SSSR count). The minimum absolute atomic E-state index is 0.0967. The molecule has 0 radical (unpaired) electrons. The molecule has 2 heterocycles. The van der Waals surface area contributed by atoms with Gasteiger partial charge in [0.05, 0.1) is 33.4 Å². The number of benzene rings is 2. The van der Waals surface area contributed by atoms with E-state index >= 15 is 0 Å². The highest BCUT2D eigenvalue weighted by atomic mass is 35.5. The average molecular weight is 807 g/mol. The largest absolute Gasteiger partial charge is 0.417 e. The molecule has 0 bridgehead atoms. The number of anilines is 1. The summed E-state index contributed by atoms with van der Waals surface area (Å²) < 4.78 is 41.7. The third-order valence-electron chi connectivity index (χ3n) is 6.90. The van der Waals surface area contributed by atoms with Crippen molar-refractivity contribution in [2.45, 2.75) is 17.7 Å². The maximum Gasteiger partial charge on any atom is 0.417 e. The Balaban J connectivity index is 0.000000277. The molecule has 2 N–H and O–H groups in total. The third kappa shape index (κ3) is 13.0. The second-order valence-corrected chi connectivity index (χ2v) is 14.2. The molecular formula is C34H35Cl4F3N6O3S. The first kappa shape index (κ1) is 42.1. The van der Waals surface area contributed by atoms with E-state index in [2.05, 4.69) is 15.6 Å². The summed E-state index contributed by atoms with van der Waals surface area (Å²) in [4.78, 5) is 44.9. The Bertz CT molecular complexity index is 1870. The highest BCUT2D eigenvalue weighted by molar-refractivity contribution is 7.99. The summed E-state index contributed by atoms with van der Waals surface area (Å²) in [5.41, 5.74) is -1.11. The predicted molar refractivity (Wildman–Crippen MR) is 200 cm³/mol. The van der Waals surface area contributed by atoms with Crippen LogP contribution in [0.25, 0.3) is 0 Å². The first-order chi connectivity index (χ1) is 24.0. The summed E-state index contributed by atoms with van der Waals surface area (Å²) in [6.07, 6.45) is -2.16. The van der Waals surface area contributed by atoms with Gasteiger partial charge in [-0.2, -0.15) is 13.2 Å². The maximum atomic E-state index is 13.4. The number of carbonyl (C=O) groups is 2. The third-order valence-corrected chi connectivity index (χ3v) is 9.06. The number of alkyl halides is 3. The quantitative estimate of drug-likeness (QED) is 0.141. The van der Waals surface area contributed by atoms with E-state index in [1.54, 1.807) is 30.5 Å². The minimum Gasteiger partial charge on any atom is -0.351 e. The summed E-state index contributed by atoms with van der Waals surface area (Å²) in [6, 6.07) is 13.5. The van der Waals surface area contributed by atoms with E-state index in [9.17, 15) is 27.6 Å². The molecule has 274 valence electrons. The predicted octanol–water partition coefficient (Wildman–Crippen LogP) is 7.81. The molecule has 0 fully saturated rings. The van der Waals surface area contributed by atoms with Crippen molar-refractivity contribution in [1.82, 2.24) is 24.7 Å². The highest BCUT2D eigenvalue weighted by Crippen LogP contribution is 2.35. The molecule has 0 atom stereocenters. The van der Waals surface area contributed by atoms with Crippen LogP contribution in [0, 0.1) is 0 Å². The summed E-state index contributed by atoms with van der Waals surface area (Å²) in [5.74, 6) is -0.770. The maximum absolute atomic E-state index is 13.4. The van der Waals surface area contributed by atoms with Crippen molar-refractivity contribution in [3.05, 3.63) is 120 Å². The lowest BCUT2D eigenvalue weighted by atomic mass is 10.1. The Kier molecular flexibility index (Phi) is 16.1. The summed E-state index contributed by atoms with van der Waals surface area (Å²) in [5, 5.41) is 6.72. The molecule has 17 heteroatoms. The molecule has 9 nitrogen and oxygen atoms in total. The van der Waals surface area contributed by atoms with Crippen molar-refractivity contribution in [3.63, 3.8) is 0 Å². The van der Waals surface area contributed by atoms with Crippen molar-refractivity contribution >= 4 is 75.7 Å². The van der Waals surface area contributed by atoms with Crippen LogP contribution < -0.4 is 16.2 Å². The average Bonchev–Trinajstić information content (AvgIpc) is 3.04. The van der Waals surface area contributed by atoms with E-state index in [-0.39, 0.29) is 39.3 Å². The van der Waals surface area contributed by atoms with Crippen LogP contribution in [0.5, 0.6) is 0 Å². The van der Waals surface area contributed by atoms with Gasteiger partial charge in [-0.1, -0.05) is 52.5 Å². The van der Waals surface area contributed by atoms with Gasteiger partial charge >= 0.3 is 6.18 Å². The number of carbonyl (C=O) groups excluding carboxylic acids is 2. The van der Waals surface area contributed by atoms with Crippen molar-refractivity contribution in [2.75, 3.05) is 58.9 Å². The SMILES string of the molecule is CN(C)CCNC(=O)c1cccn(Cc2c(Cl)cccc2Cl)c1=O.CN(C)CCSc1cc(C(F)(F)F)c(C(=O)Nc2ccc(Cl)cc2Cl)cn1. The van der Waals surface area contributed by atoms with Gasteiger partial charge < -0.3 is 25.0 Å². The monoisotopic (exact) mass is 804 g/mol. The minimum atomic E-state index is -4.70. The number of rotatable bonds is 12. The molecule has 0 unspecified atom stereocenters. The Morgan fingerprint density at radius 3 is 2.14 bits per heavy atom. The number of halogens is 7. The van der Waals surface area contributed by atoms with Crippen molar-refractivity contribution in [1.29, 1.82) is 0 Å². The van der Waals surface area contributed by atoms with E-state index in [1.165, 1.54) is 40.6 Å². The molecule has 51 heavy (non-hydrogen) atoms. The van der Waals surface area contributed by atoms with Crippen LogP contribution in [0.1, 0.15) is 31.8 Å². The zero-order chi connectivity index (χ0) is 37.9. The van der Waals surface area contributed by atoms with Gasteiger partial charge in [-0.15, -0.1) is 11.8 Å². The second kappa shape index (κ2) is 19.5. The summed E-state index contributed by atoms with van der Waals surface area (Å²) >= 11 is 25.2. The second-order valence-electron chi connectivity index (χ2n) is 11.4. The van der Waals surface area contributed by atoms with Crippen molar-refractivity contribution < 1.29 is 22.8 Å². The Labute approximate surface area is 318 Å². The van der Waals surface area contributed by atoms with E-state index in [0.717, 1.165) is 12.3 Å². The molecule has 2 aromatic heterocycles. The number of aromatic nitrogens is 2. The van der Waals surface area contributed by atoms with Crippen molar-refractivity contribution in [2.24, 2.45) is 0 Å². The van der Waals surface area contributed by atoms with Gasteiger partial charge in [0.1, 0.15) is 5.56 Å². The van der Waals surface area contributed by atoms with E-state index < -0.39 is 23.2 Å². The van der Waals surface area contributed by atoms with Gasteiger partial charge in [-0.05, 0) is 76.7 Å². The van der Waals surface area contributed by atoms with Crippen LogP contribution in [-0.2, 0) is 12.7 Å². The molecule has 4 aromatic rings. The van der Waals surface area contributed by atoms with Gasteiger partial charge in [0.25, 0.3) is 17.4 Å². The Morgan fingerprint density at radius 1 is 0.863 bits per heavy atom. The fourth-order valence-corrected chi connectivity index (χ4v) is 6.19. The molecule has 0 saturated carbocycles. The zero-order valence-corrected chi connectivity index (χ0v) is 31.8. The highest BCUT2D eigenvalue weighted by Gasteiger charge is 2.36. The van der Waals surface area contributed by atoms with E-state index in [0.29, 0.717) is 46.0 Å². The van der Waals surface area contributed by atoms with Gasteiger partial charge in [0.15, 0.2) is 0 Å². The van der Waals surface area contributed by atoms with Crippen LogP contribution in [0.3, 0.4) is 0 Å². The molecule has 0 spiro atoms. The number of likely N-dealkylation sites (N-methyl/N-ethyl adjacent to an activating group) is 1. The molecule has 2 aromatic carbocycles. The van der Waals surface area contributed by atoms with Crippen LogP contribution in [0.2, 0.25) is 20.1 Å². The lowest BCUT2D eigenvalue weighted by Gasteiger charge is -2.15. The number of pyridine rings is 2. The molecule has 0 aliphatic rings. The number of thioether (sulfide) groups is 1. The molecule has 2 amide bonds. The number of nitrogens with zero attached hydrogens (tertiary/aromatic N) is 4. The van der Waals surface area contributed by atoms with E-state index in [4.69, 9.17) is 46.4 Å². The number of hydrogen-bond donors (Lipinski definition) is 2. The smallest absolute Gasteiger partial charge is 0.351 e. The molecule has 0 aliphatic carbocycles. The lowest BCUT2D eigenvalue weighted by molar-refractivity contribution is -0.138. The Morgan fingerprint density at radius 2 is 1.53 bits per heavy atom. The van der Waals surface area contributed by atoms with Gasteiger partial charge in [-0.25, -0.2) is 4.98 Å². The van der Waals surface area contributed by atoms with Gasteiger partial charge in [0.2, 0.25) is 0 Å². The van der Waals surface area contributed by atoms with Gasteiger partial charge in [-0.3, -0.25) is 14.4 Å². The lowest BCUT2D eigenvalue weighted by Crippen LogP contribution is -2.36. The standard InChI is InChI=1S/C17H16Cl2F3N3OS.C17H19Cl2N3O2/c1-25(2)5-6-27-15-8-12(17(20,21)22)11(9-23-15)16(26)24-14-4-3-10(18)7-13(14)19;1-21(2)10-8-20-16(23)12-5-4-9-22(17(12)24)11-13-14(18)6-3-7-15(13)19/h3-4,7-9H,5-6H2,1-2H3,(H,24,26);3-7,9H,8,10-11H2,1-2H3,(H,20,23). The number of nitrogens with one attached hydrogen (secondary N) is 2. The van der Waals surface area contributed by atoms with Crippen LogP contribution in [0.4, 0.5) is 18.9 Å². The molecule has 0 saturated heterocycles. The fourth-order valence-electron chi connectivity index (χ4n) is 4.22. The van der Waals surface area contributed by atoms with Crippen LogP contribution in [0.15, 0.2) is 76.8 Å². The first-order valence-electron chi connectivity index (χ1n) is 15.1. The number of hydrogen-bond acceptors (Lipinski definition) is 7. The number of amides is 2. The fraction of sp³-hybridized carbons (Fsp3) is 0.294. The van der Waals surface area contributed by atoms with Gasteiger partial charge in [0, 0.05) is 58.4 Å². The van der Waals surface area contributed by atoms with E-state index in [1.807, 2.05) is 38.0 Å². The summed E-state index contributed by atoms with van der Waals surface area (Å²) in [7, 11) is 7.55. The van der Waals surface area contributed by atoms with Crippen LogP contribution >= 0.6 is 58.2 Å². The topological polar surface area (TPSA) is 99.6 Å². The van der Waals surface area contributed by atoms with Crippen LogP contribution in [-0.4, -0.2) is 84.7 Å². The summed E-state index contributed by atoms with van der Waals surface area (Å²) in [6.45, 7) is 2.06. The molecular weight excluding hydrogens is 771 g/mol. The normalized spacial score (nSPS) is 11.3. The first-order valence-corrected chi connectivity index (χ1v) is 17.6.